The molecule has 0 saturated carbocycles. The van der Waals surface area contributed by atoms with E-state index in [1.165, 1.54) is 22.5 Å². The van der Waals surface area contributed by atoms with Crippen molar-refractivity contribution in [2.75, 3.05) is 20.2 Å². The zero-order chi connectivity index (χ0) is 19.0. The Bertz CT molecular complexity index is 1080. The van der Waals surface area contributed by atoms with Crippen LogP contribution in [0.15, 0.2) is 57.9 Å². The third-order valence-electron chi connectivity index (χ3n) is 4.44. The average Bonchev–Trinajstić information content (AvgIpc) is 3.09. The molecule has 0 bridgehead atoms. The molecular formula is C18H16FN3O4S. The monoisotopic (exact) mass is 389 g/mol. The minimum atomic E-state index is -3.88. The first kappa shape index (κ1) is 17.6. The number of halogens is 1. The second-order valence-corrected chi connectivity index (χ2v) is 8.01. The van der Waals surface area contributed by atoms with Gasteiger partial charge in [-0.3, -0.25) is 0 Å². The Kier molecular flexibility index (Phi) is 4.40. The molecule has 1 fully saturated rings. The molecule has 3 aromatic rings. The first-order valence-electron chi connectivity index (χ1n) is 8.22. The summed E-state index contributed by atoms with van der Waals surface area (Å²) in [6.45, 7) is 0.314. The van der Waals surface area contributed by atoms with Crippen molar-refractivity contribution in [2.24, 2.45) is 0 Å². The van der Waals surface area contributed by atoms with Gasteiger partial charge in [0.1, 0.15) is 16.5 Å². The van der Waals surface area contributed by atoms with Gasteiger partial charge in [-0.05, 0) is 24.3 Å². The first-order chi connectivity index (χ1) is 13.0. The second kappa shape index (κ2) is 6.75. The minimum absolute atomic E-state index is 0.157. The van der Waals surface area contributed by atoms with Crippen LogP contribution in [0.25, 0.3) is 11.4 Å². The van der Waals surface area contributed by atoms with Gasteiger partial charge in [0.25, 0.3) is 0 Å². The van der Waals surface area contributed by atoms with E-state index in [1.54, 1.807) is 13.2 Å². The number of aromatic nitrogens is 2. The van der Waals surface area contributed by atoms with Crippen LogP contribution in [0.5, 0.6) is 5.75 Å². The lowest BCUT2D eigenvalue weighted by Gasteiger charge is -2.35. The summed E-state index contributed by atoms with van der Waals surface area (Å²) in [5, 5.41) is 3.96. The summed E-state index contributed by atoms with van der Waals surface area (Å²) < 4.78 is 50.7. The van der Waals surface area contributed by atoms with Crippen molar-refractivity contribution in [3.63, 3.8) is 0 Å². The SMILES string of the molecule is COc1ccccc1-c1noc(C2CN(S(=O)(=O)c3ccccc3F)C2)n1. The van der Waals surface area contributed by atoms with Crippen molar-refractivity contribution in [1.82, 2.24) is 14.4 Å². The Labute approximate surface area is 155 Å². The highest BCUT2D eigenvalue weighted by Gasteiger charge is 2.41. The van der Waals surface area contributed by atoms with Crippen LogP contribution in [0.4, 0.5) is 4.39 Å². The third-order valence-corrected chi connectivity index (χ3v) is 6.31. The fourth-order valence-electron chi connectivity index (χ4n) is 2.92. The Morgan fingerprint density at radius 3 is 2.59 bits per heavy atom. The van der Waals surface area contributed by atoms with Crippen molar-refractivity contribution >= 4 is 10.0 Å². The number of hydrogen-bond acceptors (Lipinski definition) is 6. The van der Waals surface area contributed by atoms with Gasteiger partial charge in [0.15, 0.2) is 0 Å². The van der Waals surface area contributed by atoms with Gasteiger partial charge in [-0.1, -0.05) is 29.4 Å². The number of rotatable bonds is 5. The Morgan fingerprint density at radius 2 is 1.85 bits per heavy atom. The average molecular weight is 389 g/mol. The van der Waals surface area contributed by atoms with E-state index in [0.717, 1.165) is 6.07 Å². The van der Waals surface area contributed by atoms with E-state index >= 15 is 0 Å². The summed E-state index contributed by atoms with van der Waals surface area (Å²) in [5.74, 6) is 0.329. The fraction of sp³-hybridized carbons (Fsp3) is 0.222. The van der Waals surface area contributed by atoms with Crippen LogP contribution in [-0.2, 0) is 10.0 Å². The predicted molar refractivity (Wildman–Crippen MR) is 94.2 cm³/mol. The number of benzene rings is 2. The second-order valence-electron chi connectivity index (χ2n) is 6.11. The Balaban J connectivity index is 1.51. The molecule has 4 rings (SSSR count). The maximum atomic E-state index is 13.8. The molecule has 0 unspecified atom stereocenters. The summed E-state index contributed by atoms with van der Waals surface area (Å²) in [5.41, 5.74) is 0.685. The molecule has 0 atom stereocenters. The minimum Gasteiger partial charge on any atom is -0.496 e. The topological polar surface area (TPSA) is 85.5 Å². The highest BCUT2D eigenvalue weighted by molar-refractivity contribution is 7.89. The summed E-state index contributed by atoms with van der Waals surface area (Å²) in [7, 11) is -2.33. The Hall–Kier alpha value is -2.78. The summed E-state index contributed by atoms with van der Waals surface area (Å²) >= 11 is 0. The summed E-state index contributed by atoms with van der Waals surface area (Å²) in [6, 6.07) is 12.6. The van der Waals surface area contributed by atoms with Gasteiger partial charge in [0, 0.05) is 13.1 Å². The largest absolute Gasteiger partial charge is 0.496 e. The molecule has 27 heavy (non-hydrogen) atoms. The van der Waals surface area contributed by atoms with E-state index in [4.69, 9.17) is 9.26 Å². The number of methoxy groups -OCH3 is 1. The molecule has 1 aliphatic heterocycles. The van der Waals surface area contributed by atoms with E-state index in [2.05, 4.69) is 10.1 Å². The Morgan fingerprint density at radius 1 is 1.15 bits per heavy atom. The molecule has 1 aromatic heterocycles. The molecule has 140 valence electrons. The smallest absolute Gasteiger partial charge is 0.246 e. The molecule has 0 radical (unpaired) electrons. The van der Waals surface area contributed by atoms with Crippen molar-refractivity contribution in [2.45, 2.75) is 10.8 Å². The lowest BCUT2D eigenvalue weighted by atomic mass is 10.0. The van der Waals surface area contributed by atoms with Gasteiger partial charge >= 0.3 is 0 Å². The molecule has 0 spiro atoms. The fourth-order valence-corrected chi connectivity index (χ4v) is 4.52. The maximum Gasteiger partial charge on any atom is 0.246 e. The molecule has 2 aromatic carbocycles. The van der Waals surface area contributed by atoms with Gasteiger partial charge in [-0.25, -0.2) is 12.8 Å². The zero-order valence-electron chi connectivity index (χ0n) is 14.4. The molecule has 1 aliphatic rings. The number of nitrogens with zero attached hydrogens (tertiary/aromatic N) is 3. The van der Waals surface area contributed by atoms with Crippen LogP contribution in [-0.4, -0.2) is 43.1 Å². The number of hydrogen-bond donors (Lipinski definition) is 0. The van der Waals surface area contributed by atoms with Gasteiger partial charge in [-0.15, -0.1) is 0 Å². The van der Waals surface area contributed by atoms with Gasteiger partial charge in [0.2, 0.25) is 21.7 Å². The van der Waals surface area contributed by atoms with Crippen molar-refractivity contribution in [3.8, 4) is 17.1 Å². The highest BCUT2D eigenvalue weighted by atomic mass is 32.2. The van der Waals surface area contributed by atoms with Crippen LogP contribution >= 0.6 is 0 Å². The molecule has 9 heteroatoms. The molecule has 7 nitrogen and oxygen atoms in total. The van der Waals surface area contributed by atoms with Gasteiger partial charge in [0.05, 0.1) is 18.6 Å². The van der Waals surface area contributed by atoms with Crippen LogP contribution in [0.3, 0.4) is 0 Å². The number of ether oxygens (including phenoxy) is 1. The van der Waals surface area contributed by atoms with Crippen LogP contribution in [0.1, 0.15) is 11.8 Å². The predicted octanol–water partition coefficient (Wildman–Crippen LogP) is 2.67. The standard InChI is InChI=1S/C18H16FN3O4S/c1-25-15-8-4-2-6-13(15)17-20-18(26-21-17)12-10-22(11-12)27(23,24)16-9-5-3-7-14(16)19/h2-9,12H,10-11H2,1H3. The number of para-hydroxylation sites is 1. The van der Waals surface area contributed by atoms with E-state index < -0.39 is 15.8 Å². The van der Waals surface area contributed by atoms with Crippen LogP contribution < -0.4 is 4.74 Å². The lowest BCUT2D eigenvalue weighted by Crippen LogP contribution is -2.48. The molecular weight excluding hydrogens is 373 g/mol. The summed E-state index contributed by atoms with van der Waals surface area (Å²) in [4.78, 5) is 4.03. The van der Waals surface area contributed by atoms with E-state index in [9.17, 15) is 12.8 Å². The maximum absolute atomic E-state index is 13.8. The highest BCUT2D eigenvalue weighted by Crippen LogP contribution is 2.34. The summed E-state index contributed by atoms with van der Waals surface area (Å²) in [6.07, 6.45) is 0. The zero-order valence-corrected chi connectivity index (χ0v) is 15.2. The normalized spacial score (nSPS) is 15.5. The molecule has 0 N–H and O–H groups in total. The van der Waals surface area contributed by atoms with Gasteiger partial charge in [-0.2, -0.15) is 9.29 Å². The van der Waals surface area contributed by atoms with Crippen LogP contribution in [0, 0.1) is 5.82 Å². The van der Waals surface area contributed by atoms with E-state index in [1.807, 2.05) is 18.2 Å². The molecule has 0 amide bonds. The van der Waals surface area contributed by atoms with E-state index in [-0.39, 0.29) is 23.9 Å². The van der Waals surface area contributed by atoms with Crippen molar-refractivity contribution in [3.05, 3.63) is 60.2 Å². The molecule has 0 aliphatic carbocycles. The van der Waals surface area contributed by atoms with Gasteiger partial charge < -0.3 is 9.26 Å². The van der Waals surface area contributed by atoms with Crippen LogP contribution in [0.2, 0.25) is 0 Å². The van der Waals surface area contributed by atoms with Crippen molar-refractivity contribution < 1.29 is 22.1 Å². The molecule has 1 saturated heterocycles. The van der Waals surface area contributed by atoms with Crippen molar-refractivity contribution in [1.29, 1.82) is 0 Å². The third kappa shape index (κ3) is 3.08. The number of sulfonamides is 1. The van der Waals surface area contributed by atoms with E-state index in [0.29, 0.717) is 23.0 Å². The quantitative estimate of drug-likeness (QED) is 0.667. The first-order valence-corrected chi connectivity index (χ1v) is 9.66. The molecule has 2 heterocycles. The lowest BCUT2D eigenvalue weighted by molar-refractivity contribution is 0.216.